The van der Waals surface area contributed by atoms with Gasteiger partial charge in [0.25, 0.3) is 0 Å². The molecule has 1 N–H and O–H groups in total. The van der Waals surface area contributed by atoms with E-state index in [0.717, 1.165) is 24.2 Å². The molecule has 5 fully saturated rings. The number of sulfone groups is 1. The highest BCUT2D eigenvalue weighted by Gasteiger charge is 2.55. The smallest absolute Gasteiger partial charge is 0.151 e. The summed E-state index contributed by atoms with van der Waals surface area (Å²) in [4.78, 5) is 0. The SMILES string of the molecule is CC1CCS(=O)(=O)CC(C23CC4CC(CC(C4)C2)C3)N1. The van der Waals surface area contributed by atoms with Gasteiger partial charge in [-0.25, -0.2) is 8.42 Å². The lowest BCUT2D eigenvalue weighted by atomic mass is 9.48. The van der Waals surface area contributed by atoms with E-state index >= 15 is 0 Å². The predicted molar refractivity (Wildman–Crippen MR) is 80.3 cm³/mol. The molecule has 0 spiro atoms. The van der Waals surface area contributed by atoms with E-state index in [1.165, 1.54) is 38.5 Å². The highest BCUT2D eigenvalue weighted by atomic mass is 32.2. The minimum Gasteiger partial charge on any atom is -0.310 e. The average molecular weight is 297 g/mol. The van der Waals surface area contributed by atoms with Crippen molar-refractivity contribution in [2.75, 3.05) is 11.5 Å². The molecule has 4 bridgehead atoms. The van der Waals surface area contributed by atoms with Crippen LogP contribution in [0.1, 0.15) is 51.9 Å². The van der Waals surface area contributed by atoms with Crippen molar-refractivity contribution in [1.82, 2.24) is 5.32 Å². The monoisotopic (exact) mass is 297 g/mol. The Kier molecular flexibility index (Phi) is 3.02. The summed E-state index contributed by atoms with van der Waals surface area (Å²) < 4.78 is 24.6. The van der Waals surface area contributed by atoms with Crippen LogP contribution >= 0.6 is 0 Å². The van der Waals surface area contributed by atoms with E-state index in [0.29, 0.717) is 23.0 Å². The van der Waals surface area contributed by atoms with Gasteiger partial charge in [0.05, 0.1) is 11.5 Å². The van der Waals surface area contributed by atoms with Crippen molar-refractivity contribution in [2.45, 2.75) is 64.0 Å². The lowest BCUT2D eigenvalue weighted by molar-refractivity contribution is -0.0708. The number of nitrogens with one attached hydrogen (secondary N) is 1. The quantitative estimate of drug-likeness (QED) is 0.808. The van der Waals surface area contributed by atoms with E-state index in [9.17, 15) is 8.42 Å². The van der Waals surface area contributed by atoms with E-state index in [-0.39, 0.29) is 6.04 Å². The second-order valence-electron chi connectivity index (χ2n) is 8.30. The van der Waals surface area contributed by atoms with E-state index in [2.05, 4.69) is 12.2 Å². The number of hydrogen-bond acceptors (Lipinski definition) is 3. The molecule has 114 valence electrons. The van der Waals surface area contributed by atoms with E-state index < -0.39 is 9.84 Å². The van der Waals surface area contributed by atoms with Gasteiger partial charge in [0, 0.05) is 12.1 Å². The van der Waals surface area contributed by atoms with Gasteiger partial charge in [-0.3, -0.25) is 0 Å². The van der Waals surface area contributed by atoms with Crippen LogP contribution in [0.5, 0.6) is 0 Å². The Morgan fingerprint density at radius 2 is 1.55 bits per heavy atom. The fraction of sp³-hybridized carbons (Fsp3) is 1.00. The summed E-state index contributed by atoms with van der Waals surface area (Å²) >= 11 is 0. The van der Waals surface area contributed by atoms with Crippen molar-refractivity contribution in [3.8, 4) is 0 Å². The van der Waals surface area contributed by atoms with Gasteiger partial charge in [0.1, 0.15) is 0 Å². The first-order chi connectivity index (χ1) is 9.44. The first kappa shape index (κ1) is 13.6. The zero-order valence-corrected chi connectivity index (χ0v) is 13.3. The van der Waals surface area contributed by atoms with Crippen molar-refractivity contribution in [1.29, 1.82) is 0 Å². The van der Waals surface area contributed by atoms with Gasteiger partial charge >= 0.3 is 0 Å². The third kappa shape index (κ3) is 2.23. The van der Waals surface area contributed by atoms with Crippen molar-refractivity contribution < 1.29 is 8.42 Å². The van der Waals surface area contributed by atoms with Crippen molar-refractivity contribution in [3.05, 3.63) is 0 Å². The molecule has 5 rings (SSSR count). The van der Waals surface area contributed by atoms with Crippen molar-refractivity contribution >= 4 is 9.84 Å². The molecule has 3 nitrogen and oxygen atoms in total. The van der Waals surface area contributed by atoms with E-state index in [1.807, 2.05) is 0 Å². The van der Waals surface area contributed by atoms with Crippen LogP contribution in [0, 0.1) is 23.2 Å². The maximum atomic E-state index is 12.3. The standard InChI is InChI=1S/C16H27NO2S/c1-11-2-3-20(18,19)10-15(17-11)16-7-12-4-13(8-16)6-14(5-12)9-16/h11-15,17H,2-10H2,1H3. The molecule has 4 aliphatic carbocycles. The van der Waals surface area contributed by atoms with Crippen LogP contribution < -0.4 is 5.32 Å². The molecule has 0 radical (unpaired) electrons. The Bertz CT molecular complexity index is 463. The van der Waals surface area contributed by atoms with Crippen LogP contribution in [-0.2, 0) is 9.84 Å². The van der Waals surface area contributed by atoms with Gasteiger partial charge < -0.3 is 5.32 Å². The Morgan fingerprint density at radius 3 is 2.10 bits per heavy atom. The second kappa shape index (κ2) is 4.45. The summed E-state index contributed by atoms with van der Waals surface area (Å²) in [5.41, 5.74) is 0.306. The molecule has 0 aromatic rings. The molecule has 1 heterocycles. The van der Waals surface area contributed by atoms with Gasteiger partial charge in [0.15, 0.2) is 9.84 Å². The molecule has 1 aliphatic heterocycles. The Balaban J connectivity index is 1.65. The molecule has 1 saturated heterocycles. The topological polar surface area (TPSA) is 46.2 Å². The zero-order valence-electron chi connectivity index (χ0n) is 12.5. The second-order valence-corrected chi connectivity index (χ2v) is 10.5. The highest BCUT2D eigenvalue weighted by molar-refractivity contribution is 7.91. The molecule has 2 atom stereocenters. The molecule has 2 unspecified atom stereocenters. The molecule has 0 amide bonds. The number of hydrogen-bond donors (Lipinski definition) is 1. The van der Waals surface area contributed by atoms with Gasteiger partial charge in [-0.2, -0.15) is 0 Å². The van der Waals surface area contributed by atoms with Crippen LogP contribution in [0.4, 0.5) is 0 Å². The third-order valence-corrected chi connectivity index (χ3v) is 8.29. The van der Waals surface area contributed by atoms with Gasteiger partial charge in [-0.1, -0.05) is 0 Å². The molecular formula is C16H27NO2S. The summed E-state index contributed by atoms with van der Waals surface area (Å²) in [6.45, 7) is 2.16. The summed E-state index contributed by atoms with van der Waals surface area (Å²) in [6.07, 6.45) is 8.93. The Hall–Kier alpha value is -0.0900. The zero-order chi connectivity index (χ0) is 14.0. The van der Waals surface area contributed by atoms with Crippen LogP contribution in [0.2, 0.25) is 0 Å². The predicted octanol–water partition coefficient (Wildman–Crippen LogP) is 2.37. The lowest BCUT2D eigenvalue weighted by Gasteiger charge is -2.59. The summed E-state index contributed by atoms with van der Waals surface area (Å²) in [7, 11) is -2.86. The first-order valence-corrected chi connectivity index (χ1v) is 10.2. The molecule has 0 aromatic heterocycles. The molecule has 20 heavy (non-hydrogen) atoms. The van der Waals surface area contributed by atoms with Crippen LogP contribution in [-0.4, -0.2) is 32.0 Å². The number of rotatable bonds is 1. The maximum Gasteiger partial charge on any atom is 0.151 e. The average Bonchev–Trinajstić information content (AvgIpc) is 2.47. The van der Waals surface area contributed by atoms with E-state index in [4.69, 9.17) is 0 Å². The Morgan fingerprint density at radius 1 is 1.00 bits per heavy atom. The van der Waals surface area contributed by atoms with Crippen LogP contribution in [0.15, 0.2) is 0 Å². The van der Waals surface area contributed by atoms with Crippen LogP contribution in [0.25, 0.3) is 0 Å². The summed E-state index contributed by atoms with van der Waals surface area (Å²) in [6, 6.07) is 0.573. The molecule has 0 aromatic carbocycles. The lowest BCUT2D eigenvalue weighted by Crippen LogP contribution is -2.58. The highest BCUT2D eigenvalue weighted by Crippen LogP contribution is 2.61. The minimum atomic E-state index is -2.86. The molecule has 5 aliphatic rings. The Labute approximate surface area is 122 Å². The first-order valence-electron chi connectivity index (χ1n) is 8.41. The maximum absolute atomic E-state index is 12.3. The minimum absolute atomic E-state index is 0.221. The van der Waals surface area contributed by atoms with Gasteiger partial charge in [0.2, 0.25) is 0 Å². The van der Waals surface area contributed by atoms with E-state index in [1.54, 1.807) is 0 Å². The fourth-order valence-electron chi connectivity index (χ4n) is 6.13. The summed E-state index contributed by atoms with van der Waals surface area (Å²) in [5, 5.41) is 3.71. The van der Waals surface area contributed by atoms with Crippen LogP contribution in [0.3, 0.4) is 0 Å². The largest absolute Gasteiger partial charge is 0.310 e. The van der Waals surface area contributed by atoms with Crippen molar-refractivity contribution in [3.63, 3.8) is 0 Å². The van der Waals surface area contributed by atoms with Gasteiger partial charge in [-0.15, -0.1) is 0 Å². The molecule has 4 saturated carbocycles. The normalized spacial score (nSPS) is 53.8. The summed E-state index contributed by atoms with van der Waals surface area (Å²) in [5.74, 6) is 3.45. The fourth-order valence-corrected chi connectivity index (χ4v) is 7.96. The third-order valence-electron chi connectivity index (χ3n) is 6.59. The molecule has 4 heteroatoms. The molecular weight excluding hydrogens is 270 g/mol. The van der Waals surface area contributed by atoms with Gasteiger partial charge in [-0.05, 0) is 75.0 Å². The van der Waals surface area contributed by atoms with Crippen molar-refractivity contribution in [2.24, 2.45) is 23.2 Å².